The number of aliphatic hydroxyl groups is 1. The molecule has 2 saturated carbocycles. The molecule has 0 bridgehead atoms. The smallest absolute Gasteiger partial charge is 0.225 e. The third-order valence-corrected chi connectivity index (χ3v) is 7.91. The summed E-state index contributed by atoms with van der Waals surface area (Å²) in [6, 6.07) is 10.9. The Morgan fingerprint density at radius 1 is 1.04 bits per heavy atom. The maximum Gasteiger partial charge on any atom is 0.225 e. The minimum absolute atomic E-state index is 0.0523. The van der Waals surface area contributed by atoms with Gasteiger partial charge in [0.1, 0.15) is 0 Å². The fourth-order valence-corrected chi connectivity index (χ4v) is 6.21. The van der Waals surface area contributed by atoms with Gasteiger partial charge in [0.05, 0.1) is 12.1 Å². The normalized spacial score (nSPS) is 30.8. The van der Waals surface area contributed by atoms with E-state index in [9.17, 15) is 9.90 Å². The number of rotatable bonds is 5. The third kappa shape index (κ3) is 2.75. The molecule has 4 fully saturated rings. The second-order valence-corrected chi connectivity index (χ2v) is 9.37. The van der Waals surface area contributed by atoms with Gasteiger partial charge in [-0.3, -0.25) is 9.69 Å². The van der Waals surface area contributed by atoms with Crippen LogP contribution in [-0.4, -0.2) is 58.6 Å². The lowest BCUT2D eigenvalue weighted by molar-refractivity contribution is -0.202. The molecule has 5 rings (SSSR count). The molecule has 4 aliphatic rings. The Morgan fingerprint density at radius 3 is 2.33 bits per heavy atom. The maximum absolute atomic E-state index is 12.7. The molecule has 2 atom stereocenters. The molecule has 1 N–H and O–H groups in total. The predicted molar refractivity (Wildman–Crippen MR) is 105 cm³/mol. The van der Waals surface area contributed by atoms with E-state index in [1.54, 1.807) is 0 Å². The fraction of sp³-hybridized carbons (Fsp3) is 0.696. The van der Waals surface area contributed by atoms with Crippen molar-refractivity contribution in [1.29, 1.82) is 0 Å². The van der Waals surface area contributed by atoms with Gasteiger partial charge in [-0.15, -0.1) is 0 Å². The zero-order valence-corrected chi connectivity index (χ0v) is 16.2. The lowest BCUT2D eigenvalue weighted by Crippen LogP contribution is -2.85. The Morgan fingerprint density at radius 2 is 1.74 bits per heavy atom. The summed E-state index contributed by atoms with van der Waals surface area (Å²) in [5.41, 5.74) is 1.38. The van der Waals surface area contributed by atoms with E-state index in [1.807, 2.05) is 0 Å². The standard InChI is InChI=1S/C23H32N2O2/c26-14-20-21(18-9-2-1-3-10-18)23(25(20)13-17-7-4-5-8-17)15-24(16-23)22(27)19-11-6-12-19/h1-3,9-10,17,19-21,26H,4-8,11-16H2/t20-,21-/m1/s1. The Labute approximate surface area is 162 Å². The highest BCUT2D eigenvalue weighted by molar-refractivity contribution is 5.81. The van der Waals surface area contributed by atoms with E-state index in [0.29, 0.717) is 11.8 Å². The Balaban J connectivity index is 1.38. The molecule has 1 aromatic rings. The van der Waals surface area contributed by atoms with Crippen molar-refractivity contribution in [3.8, 4) is 0 Å². The van der Waals surface area contributed by atoms with Gasteiger partial charge in [-0.25, -0.2) is 0 Å². The minimum atomic E-state index is 0.0523. The number of hydrogen-bond acceptors (Lipinski definition) is 3. The zero-order valence-electron chi connectivity index (χ0n) is 16.2. The van der Waals surface area contributed by atoms with Gasteiger partial charge in [0, 0.05) is 37.5 Å². The molecule has 2 aliphatic heterocycles. The van der Waals surface area contributed by atoms with Crippen molar-refractivity contribution in [3.05, 3.63) is 35.9 Å². The first-order chi connectivity index (χ1) is 13.2. The molecule has 4 heteroatoms. The van der Waals surface area contributed by atoms with Crippen LogP contribution in [0.2, 0.25) is 0 Å². The average Bonchev–Trinajstić information content (AvgIpc) is 3.10. The molecule has 2 heterocycles. The van der Waals surface area contributed by atoms with Crippen LogP contribution < -0.4 is 0 Å². The quantitative estimate of drug-likeness (QED) is 0.869. The van der Waals surface area contributed by atoms with Crippen LogP contribution in [0.5, 0.6) is 0 Å². The molecule has 0 unspecified atom stereocenters. The number of benzene rings is 1. The maximum atomic E-state index is 12.7. The second kappa shape index (κ2) is 6.89. The minimum Gasteiger partial charge on any atom is -0.395 e. The average molecular weight is 369 g/mol. The van der Waals surface area contributed by atoms with Gasteiger partial charge in [-0.2, -0.15) is 0 Å². The lowest BCUT2D eigenvalue weighted by atomic mass is 9.60. The molecule has 1 amide bonds. The molecule has 1 spiro atoms. The topological polar surface area (TPSA) is 43.8 Å². The lowest BCUT2D eigenvalue weighted by Gasteiger charge is -2.71. The van der Waals surface area contributed by atoms with Crippen LogP contribution in [0.3, 0.4) is 0 Å². The van der Waals surface area contributed by atoms with E-state index >= 15 is 0 Å². The monoisotopic (exact) mass is 368 g/mol. The van der Waals surface area contributed by atoms with E-state index in [1.165, 1.54) is 37.7 Å². The number of carbonyl (C=O) groups excluding carboxylic acids is 1. The van der Waals surface area contributed by atoms with Crippen molar-refractivity contribution in [2.45, 2.75) is 62.4 Å². The third-order valence-electron chi connectivity index (χ3n) is 7.91. The van der Waals surface area contributed by atoms with E-state index in [2.05, 4.69) is 40.1 Å². The van der Waals surface area contributed by atoms with E-state index in [4.69, 9.17) is 0 Å². The first-order valence-corrected chi connectivity index (χ1v) is 10.9. The van der Waals surface area contributed by atoms with E-state index < -0.39 is 0 Å². The number of amides is 1. The number of hydrogen-bond donors (Lipinski definition) is 1. The Kier molecular flexibility index (Phi) is 4.52. The molecule has 2 aliphatic carbocycles. The van der Waals surface area contributed by atoms with E-state index in [0.717, 1.165) is 38.4 Å². The summed E-state index contributed by atoms with van der Waals surface area (Å²) in [7, 11) is 0. The zero-order chi connectivity index (χ0) is 18.4. The molecule has 0 aromatic heterocycles. The highest BCUT2D eigenvalue weighted by Gasteiger charge is 2.66. The summed E-state index contributed by atoms with van der Waals surface area (Å²) in [6.07, 6.45) is 8.72. The molecule has 4 nitrogen and oxygen atoms in total. The van der Waals surface area contributed by atoms with Crippen LogP contribution in [0.4, 0.5) is 0 Å². The first-order valence-electron chi connectivity index (χ1n) is 10.9. The van der Waals surface area contributed by atoms with Crippen LogP contribution in [0.1, 0.15) is 56.4 Å². The van der Waals surface area contributed by atoms with Gasteiger partial charge < -0.3 is 10.0 Å². The van der Waals surface area contributed by atoms with E-state index in [-0.39, 0.29) is 24.1 Å². The van der Waals surface area contributed by atoms with Crippen molar-refractivity contribution >= 4 is 5.91 Å². The van der Waals surface area contributed by atoms with Crippen molar-refractivity contribution < 1.29 is 9.90 Å². The molecule has 2 saturated heterocycles. The van der Waals surface area contributed by atoms with Crippen molar-refractivity contribution in [2.24, 2.45) is 11.8 Å². The number of aliphatic hydroxyl groups excluding tert-OH is 1. The van der Waals surface area contributed by atoms with Crippen LogP contribution >= 0.6 is 0 Å². The summed E-state index contributed by atoms with van der Waals surface area (Å²) in [6.45, 7) is 3.01. The van der Waals surface area contributed by atoms with Gasteiger partial charge in [0.25, 0.3) is 0 Å². The highest BCUT2D eigenvalue weighted by Crippen LogP contribution is 2.55. The van der Waals surface area contributed by atoms with Gasteiger partial charge in [0.15, 0.2) is 0 Å². The SMILES string of the molecule is O=C(C1CCC1)N1CC2(C1)[C@H](c1ccccc1)[C@@H](CO)N2CC1CCCC1. The number of carbonyl (C=O) groups is 1. The Bertz CT molecular complexity index is 675. The fourth-order valence-electron chi connectivity index (χ4n) is 6.21. The van der Waals surface area contributed by atoms with Gasteiger partial charge in [-0.1, -0.05) is 49.6 Å². The largest absolute Gasteiger partial charge is 0.395 e. The summed E-state index contributed by atoms with van der Waals surface area (Å²) in [5.74, 6) is 1.78. The summed E-state index contributed by atoms with van der Waals surface area (Å²) in [4.78, 5) is 17.4. The molecule has 27 heavy (non-hydrogen) atoms. The first kappa shape index (κ1) is 17.7. The Hall–Kier alpha value is -1.39. The van der Waals surface area contributed by atoms with Crippen LogP contribution in [-0.2, 0) is 4.79 Å². The van der Waals surface area contributed by atoms with Gasteiger partial charge in [0.2, 0.25) is 5.91 Å². The molecule has 146 valence electrons. The van der Waals surface area contributed by atoms with Gasteiger partial charge in [-0.05, 0) is 37.2 Å². The van der Waals surface area contributed by atoms with Crippen molar-refractivity contribution in [1.82, 2.24) is 9.80 Å². The van der Waals surface area contributed by atoms with Crippen LogP contribution in [0, 0.1) is 11.8 Å². The molecule has 1 aromatic carbocycles. The number of likely N-dealkylation sites (tertiary alicyclic amines) is 2. The predicted octanol–water partition coefficient (Wildman–Crippen LogP) is 3.02. The van der Waals surface area contributed by atoms with Gasteiger partial charge >= 0.3 is 0 Å². The molecular weight excluding hydrogens is 336 g/mol. The van der Waals surface area contributed by atoms with Crippen molar-refractivity contribution in [2.75, 3.05) is 26.2 Å². The van der Waals surface area contributed by atoms with Crippen molar-refractivity contribution in [3.63, 3.8) is 0 Å². The molecular formula is C23H32N2O2. The second-order valence-electron chi connectivity index (χ2n) is 9.37. The summed E-state index contributed by atoms with van der Waals surface area (Å²) < 4.78 is 0. The summed E-state index contributed by atoms with van der Waals surface area (Å²) in [5, 5.41) is 10.2. The molecule has 0 radical (unpaired) electrons. The van der Waals surface area contributed by atoms with Crippen LogP contribution in [0.15, 0.2) is 30.3 Å². The highest BCUT2D eigenvalue weighted by atomic mass is 16.3. The van der Waals surface area contributed by atoms with Crippen LogP contribution in [0.25, 0.3) is 0 Å². The number of nitrogens with zero attached hydrogens (tertiary/aromatic N) is 2. The summed E-state index contributed by atoms with van der Waals surface area (Å²) >= 11 is 0.